The zero-order valence-corrected chi connectivity index (χ0v) is 9.39. The van der Waals surface area contributed by atoms with Gasteiger partial charge in [-0.1, -0.05) is 30.3 Å². The number of rotatable bonds is 5. The summed E-state index contributed by atoms with van der Waals surface area (Å²) in [6.45, 7) is 4.61. The molecule has 0 bridgehead atoms. The molecule has 0 aromatic heterocycles. The number of ether oxygens (including phenoxy) is 1. The molecule has 0 atom stereocenters. The fraction of sp³-hybridized carbons (Fsp3) is 0.143. The van der Waals surface area contributed by atoms with Crippen LogP contribution >= 0.6 is 0 Å². The number of nitriles is 2. The molecule has 0 saturated carbocycles. The van der Waals surface area contributed by atoms with Crippen molar-refractivity contribution < 1.29 is 4.74 Å². The van der Waals surface area contributed by atoms with Gasteiger partial charge >= 0.3 is 0 Å². The summed E-state index contributed by atoms with van der Waals surface area (Å²) in [5.41, 5.74) is 1.97. The smallest absolute Gasteiger partial charge is 0.130 e. The van der Waals surface area contributed by atoms with E-state index < -0.39 is 0 Å². The van der Waals surface area contributed by atoms with Crippen LogP contribution in [-0.4, -0.2) is 6.61 Å². The minimum Gasteiger partial charge on any atom is -0.373 e. The van der Waals surface area contributed by atoms with Crippen molar-refractivity contribution in [2.45, 2.75) is 6.61 Å². The van der Waals surface area contributed by atoms with Gasteiger partial charge in [-0.15, -0.1) is 6.58 Å². The van der Waals surface area contributed by atoms with Gasteiger partial charge in [-0.05, 0) is 17.2 Å². The van der Waals surface area contributed by atoms with E-state index in [9.17, 15) is 0 Å². The third kappa shape index (κ3) is 4.34. The van der Waals surface area contributed by atoms with Crippen molar-refractivity contribution >= 4 is 6.08 Å². The Balaban J connectivity index is 2.69. The summed E-state index contributed by atoms with van der Waals surface area (Å²) in [5, 5.41) is 17.2. The maximum Gasteiger partial charge on any atom is 0.130 e. The number of hydrogen-bond donors (Lipinski definition) is 0. The van der Waals surface area contributed by atoms with Gasteiger partial charge in [0.15, 0.2) is 0 Å². The van der Waals surface area contributed by atoms with Crippen molar-refractivity contribution in [1.29, 1.82) is 10.5 Å². The molecule has 1 aromatic carbocycles. The van der Waals surface area contributed by atoms with Gasteiger partial charge in [0.2, 0.25) is 0 Å². The van der Waals surface area contributed by atoms with E-state index in [4.69, 9.17) is 15.3 Å². The number of allylic oxidation sites excluding steroid dienone is 1. The van der Waals surface area contributed by atoms with Crippen LogP contribution in [0.3, 0.4) is 0 Å². The van der Waals surface area contributed by atoms with Gasteiger partial charge in [0, 0.05) is 0 Å². The van der Waals surface area contributed by atoms with Crippen LogP contribution in [0.15, 0.2) is 42.5 Å². The fourth-order valence-electron chi connectivity index (χ4n) is 1.23. The van der Waals surface area contributed by atoms with Crippen molar-refractivity contribution in [2.75, 3.05) is 6.61 Å². The van der Waals surface area contributed by atoms with E-state index in [1.807, 2.05) is 36.4 Å². The molecule has 0 spiro atoms. The lowest BCUT2D eigenvalue weighted by atomic mass is 10.1. The molecule has 0 aliphatic carbocycles. The third-order valence-electron chi connectivity index (χ3n) is 2.04. The monoisotopic (exact) mass is 224 g/mol. The highest BCUT2D eigenvalue weighted by Gasteiger charge is 1.95. The van der Waals surface area contributed by atoms with Gasteiger partial charge in [0.05, 0.1) is 13.2 Å². The molecule has 0 aliphatic rings. The first kappa shape index (κ1) is 12.7. The van der Waals surface area contributed by atoms with Gasteiger partial charge < -0.3 is 4.74 Å². The van der Waals surface area contributed by atoms with E-state index in [0.29, 0.717) is 13.2 Å². The van der Waals surface area contributed by atoms with Crippen molar-refractivity contribution in [2.24, 2.45) is 0 Å². The Hall–Kier alpha value is -2.36. The summed E-state index contributed by atoms with van der Waals surface area (Å²) < 4.78 is 5.29. The van der Waals surface area contributed by atoms with Crippen LogP contribution in [0.4, 0.5) is 0 Å². The average molecular weight is 224 g/mol. The molecule has 0 fully saturated rings. The summed E-state index contributed by atoms with van der Waals surface area (Å²) in [4.78, 5) is 0. The van der Waals surface area contributed by atoms with Crippen molar-refractivity contribution in [3.63, 3.8) is 0 Å². The lowest BCUT2D eigenvalue weighted by Gasteiger charge is -2.01. The lowest BCUT2D eigenvalue weighted by Crippen LogP contribution is -1.92. The highest BCUT2D eigenvalue weighted by molar-refractivity contribution is 5.61. The maximum absolute atomic E-state index is 8.62. The molecule has 0 N–H and O–H groups in total. The van der Waals surface area contributed by atoms with E-state index in [0.717, 1.165) is 11.1 Å². The van der Waals surface area contributed by atoms with Crippen molar-refractivity contribution in [3.05, 3.63) is 53.6 Å². The molecule has 0 saturated heterocycles. The van der Waals surface area contributed by atoms with Crippen LogP contribution in [0.5, 0.6) is 0 Å². The number of hydrogen-bond acceptors (Lipinski definition) is 3. The van der Waals surface area contributed by atoms with Gasteiger partial charge in [0.25, 0.3) is 0 Å². The minimum absolute atomic E-state index is 0.0978. The Labute approximate surface area is 101 Å². The molecule has 0 amide bonds. The van der Waals surface area contributed by atoms with Crippen LogP contribution in [0.2, 0.25) is 0 Å². The Morgan fingerprint density at radius 1 is 1.24 bits per heavy atom. The summed E-state index contributed by atoms with van der Waals surface area (Å²) in [5.74, 6) is 0. The van der Waals surface area contributed by atoms with Crippen LogP contribution in [0.25, 0.3) is 6.08 Å². The zero-order valence-electron chi connectivity index (χ0n) is 9.39. The number of benzene rings is 1. The van der Waals surface area contributed by atoms with Gasteiger partial charge in [0.1, 0.15) is 17.7 Å². The first-order chi connectivity index (χ1) is 8.30. The van der Waals surface area contributed by atoms with Gasteiger partial charge in [-0.2, -0.15) is 10.5 Å². The summed E-state index contributed by atoms with van der Waals surface area (Å²) in [6.07, 6.45) is 3.25. The molecule has 0 heterocycles. The molecule has 3 heteroatoms. The van der Waals surface area contributed by atoms with E-state index >= 15 is 0 Å². The SMILES string of the molecule is C=CCOCc1ccc(C=C(C#N)C#N)cc1. The Kier molecular flexibility index (Phi) is 5.24. The third-order valence-corrected chi connectivity index (χ3v) is 2.04. The second-order valence-electron chi connectivity index (χ2n) is 3.33. The standard InChI is InChI=1S/C14H12N2O/c1-2-7-17-11-13-5-3-12(4-6-13)8-14(9-15)10-16/h2-6,8H,1,7,11H2. The molecule has 0 unspecified atom stereocenters. The lowest BCUT2D eigenvalue weighted by molar-refractivity contribution is 0.149. The summed E-state index contributed by atoms with van der Waals surface area (Å²) >= 11 is 0. The van der Waals surface area contributed by atoms with Crippen molar-refractivity contribution in [3.8, 4) is 12.1 Å². The summed E-state index contributed by atoms with van der Waals surface area (Å²) in [6, 6.07) is 11.1. The highest BCUT2D eigenvalue weighted by atomic mass is 16.5. The van der Waals surface area contributed by atoms with E-state index in [2.05, 4.69) is 6.58 Å². The second kappa shape index (κ2) is 7.00. The van der Waals surface area contributed by atoms with Crippen LogP contribution < -0.4 is 0 Å². The minimum atomic E-state index is 0.0978. The molecule has 17 heavy (non-hydrogen) atoms. The molecule has 1 aromatic rings. The highest BCUT2D eigenvalue weighted by Crippen LogP contribution is 2.09. The van der Waals surface area contributed by atoms with Crippen LogP contribution in [-0.2, 0) is 11.3 Å². The van der Waals surface area contributed by atoms with E-state index in [1.165, 1.54) is 0 Å². The molecule has 0 radical (unpaired) electrons. The topological polar surface area (TPSA) is 56.8 Å². The van der Waals surface area contributed by atoms with Crippen molar-refractivity contribution in [1.82, 2.24) is 0 Å². The van der Waals surface area contributed by atoms with Crippen LogP contribution in [0, 0.1) is 22.7 Å². The molecular formula is C14H12N2O. The summed E-state index contributed by atoms with van der Waals surface area (Å²) in [7, 11) is 0. The molecular weight excluding hydrogens is 212 g/mol. The zero-order chi connectivity index (χ0) is 12.5. The Bertz CT molecular complexity index is 470. The first-order valence-corrected chi connectivity index (χ1v) is 5.09. The van der Waals surface area contributed by atoms with Gasteiger partial charge in [-0.25, -0.2) is 0 Å². The molecule has 84 valence electrons. The predicted molar refractivity (Wildman–Crippen MR) is 65.5 cm³/mol. The Morgan fingerprint density at radius 3 is 2.41 bits per heavy atom. The molecule has 1 rings (SSSR count). The van der Waals surface area contributed by atoms with Gasteiger partial charge in [-0.3, -0.25) is 0 Å². The fourth-order valence-corrected chi connectivity index (χ4v) is 1.23. The quantitative estimate of drug-likeness (QED) is 0.439. The van der Waals surface area contributed by atoms with Crippen LogP contribution in [0.1, 0.15) is 11.1 Å². The normalized spacial score (nSPS) is 8.82. The molecule has 0 aliphatic heterocycles. The predicted octanol–water partition coefficient (Wildman–Crippen LogP) is 2.82. The Morgan fingerprint density at radius 2 is 1.88 bits per heavy atom. The van der Waals surface area contributed by atoms with E-state index in [-0.39, 0.29) is 5.57 Å². The number of nitrogens with zero attached hydrogens (tertiary/aromatic N) is 2. The van der Waals surface area contributed by atoms with E-state index in [1.54, 1.807) is 12.2 Å². The second-order valence-corrected chi connectivity index (χ2v) is 3.33. The molecule has 3 nitrogen and oxygen atoms in total. The average Bonchev–Trinajstić information content (AvgIpc) is 2.38. The largest absolute Gasteiger partial charge is 0.373 e. The maximum atomic E-state index is 8.62. The first-order valence-electron chi connectivity index (χ1n) is 5.09.